The molecule has 0 spiro atoms. The van der Waals surface area contributed by atoms with E-state index in [0.29, 0.717) is 11.8 Å². The number of nitrogens with zero attached hydrogens (tertiary/aromatic N) is 5. The van der Waals surface area contributed by atoms with Crippen molar-refractivity contribution in [1.29, 1.82) is 0 Å². The number of hydrogen-bond donors (Lipinski definition) is 0. The van der Waals surface area contributed by atoms with Crippen LogP contribution in [0.15, 0.2) is 30.7 Å². The second-order valence-electron chi connectivity index (χ2n) is 8.63. The first-order valence-corrected chi connectivity index (χ1v) is 11.3. The maximum Gasteiger partial charge on any atom is 0.225 e. The molecule has 2 atom stereocenters. The topological polar surface area (TPSA) is 63.6 Å². The van der Waals surface area contributed by atoms with E-state index in [2.05, 4.69) is 26.9 Å². The Hall–Kier alpha value is -2.09. The smallest absolute Gasteiger partial charge is 0.225 e. The Labute approximate surface area is 178 Å². The summed E-state index contributed by atoms with van der Waals surface area (Å²) in [6.07, 6.45) is 9.30. The second-order valence-corrected chi connectivity index (χ2v) is 8.63. The number of morpholine rings is 1. The molecule has 3 fully saturated rings. The average Bonchev–Trinajstić information content (AvgIpc) is 3.33. The zero-order valence-corrected chi connectivity index (χ0v) is 17.6. The van der Waals surface area contributed by atoms with E-state index in [1.54, 1.807) is 0 Å². The Morgan fingerprint density at radius 1 is 1.00 bits per heavy atom. The zero-order chi connectivity index (χ0) is 20.2. The molecular formula is C23H31N5O2. The molecule has 3 aliphatic heterocycles. The molecule has 0 amide bonds. The van der Waals surface area contributed by atoms with Crippen molar-refractivity contribution in [2.75, 3.05) is 64.1 Å². The van der Waals surface area contributed by atoms with Crippen LogP contribution in [-0.4, -0.2) is 79.0 Å². The maximum absolute atomic E-state index is 5.60. The Kier molecular flexibility index (Phi) is 6.20. The van der Waals surface area contributed by atoms with Crippen LogP contribution in [0.5, 0.6) is 0 Å². The van der Waals surface area contributed by atoms with Gasteiger partial charge < -0.3 is 19.3 Å². The highest BCUT2D eigenvalue weighted by atomic mass is 16.5. The molecule has 2 unspecified atom stereocenters. The average molecular weight is 410 g/mol. The fourth-order valence-electron chi connectivity index (χ4n) is 4.90. The van der Waals surface area contributed by atoms with Gasteiger partial charge >= 0.3 is 0 Å². The number of rotatable bonds is 5. The number of likely N-dealkylation sites (tertiary alicyclic amines) is 1. The van der Waals surface area contributed by atoms with Crippen molar-refractivity contribution in [3.05, 3.63) is 36.4 Å². The third kappa shape index (κ3) is 4.48. The number of ether oxygens (including phenoxy) is 2. The van der Waals surface area contributed by atoms with E-state index in [1.807, 2.05) is 18.6 Å². The van der Waals surface area contributed by atoms with E-state index >= 15 is 0 Å². The van der Waals surface area contributed by atoms with Gasteiger partial charge in [0.1, 0.15) is 0 Å². The molecule has 3 aliphatic rings. The van der Waals surface area contributed by atoms with Gasteiger partial charge in [-0.1, -0.05) is 0 Å². The summed E-state index contributed by atoms with van der Waals surface area (Å²) in [5, 5.41) is 0. The molecular weight excluding hydrogens is 378 g/mol. The zero-order valence-electron chi connectivity index (χ0n) is 17.6. The van der Waals surface area contributed by atoms with Gasteiger partial charge in [0.2, 0.25) is 5.95 Å². The lowest BCUT2D eigenvalue weighted by molar-refractivity contribution is 0.122. The number of hydrogen-bond acceptors (Lipinski definition) is 7. The van der Waals surface area contributed by atoms with Crippen LogP contribution >= 0.6 is 0 Å². The summed E-state index contributed by atoms with van der Waals surface area (Å²) in [7, 11) is 0. The minimum absolute atomic E-state index is 0.423. The van der Waals surface area contributed by atoms with Gasteiger partial charge in [0.15, 0.2) is 0 Å². The summed E-state index contributed by atoms with van der Waals surface area (Å²) in [6.45, 7) is 8.41. The predicted molar refractivity (Wildman–Crippen MR) is 116 cm³/mol. The molecule has 160 valence electrons. The Balaban J connectivity index is 1.42. The molecule has 30 heavy (non-hydrogen) atoms. The van der Waals surface area contributed by atoms with Gasteiger partial charge in [0.25, 0.3) is 0 Å². The molecule has 0 aliphatic carbocycles. The van der Waals surface area contributed by atoms with Gasteiger partial charge in [0.05, 0.1) is 25.5 Å². The third-order valence-corrected chi connectivity index (χ3v) is 6.52. The van der Waals surface area contributed by atoms with E-state index in [4.69, 9.17) is 19.4 Å². The van der Waals surface area contributed by atoms with Crippen LogP contribution in [0.4, 0.5) is 5.95 Å². The van der Waals surface area contributed by atoms with Crippen molar-refractivity contribution < 1.29 is 9.47 Å². The molecule has 7 heteroatoms. The van der Waals surface area contributed by atoms with E-state index < -0.39 is 0 Å². The Morgan fingerprint density at radius 2 is 1.87 bits per heavy atom. The lowest BCUT2D eigenvalue weighted by atomic mass is 9.89. The molecule has 0 aromatic carbocycles. The first-order chi connectivity index (χ1) is 14.9. The van der Waals surface area contributed by atoms with Gasteiger partial charge in [-0.3, -0.25) is 4.98 Å². The summed E-state index contributed by atoms with van der Waals surface area (Å²) >= 11 is 0. The third-order valence-electron chi connectivity index (χ3n) is 6.52. The lowest BCUT2D eigenvalue weighted by Gasteiger charge is -2.35. The molecule has 3 saturated heterocycles. The molecule has 0 radical (unpaired) electrons. The first-order valence-electron chi connectivity index (χ1n) is 11.3. The highest BCUT2D eigenvalue weighted by molar-refractivity contribution is 5.66. The van der Waals surface area contributed by atoms with Crippen molar-refractivity contribution in [2.45, 2.75) is 25.2 Å². The van der Waals surface area contributed by atoms with Gasteiger partial charge in [-0.05, 0) is 49.4 Å². The van der Waals surface area contributed by atoms with Gasteiger partial charge in [-0.15, -0.1) is 0 Å². The molecule has 5 heterocycles. The van der Waals surface area contributed by atoms with E-state index in [-0.39, 0.29) is 0 Å². The molecule has 2 aromatic rings. The summed E-state index contributed by atoms with van der Waals surface area (Å²) in [5.74, 6) is 1.94. The number of pyridine rings is 1. The molecule has 5 rings (SSSR count). The van der Waals surface area contributed by atoms with Gasteiger partial charge in [-0.25, -0.2) is 9.97 Å². The molecule has 2 aromatic heterocycles. The molecule has 0 saturated carbocycles. The molecule has 0 bridgehead atoms. The summed E-state index contributed by atoms with van der Waals surface area (Å²) in [6, 6.07) is 4.13. The van der Waals surface area contributed by atoms with Crippen LogP contribution in [0.25, 0.3) is 11.1 Å². The van der Waals surface area contributed by atoms with Gasteiger partial charge in [-0.2, -0.15) is 0 Å². The number of piperidine rings is 1. The van der Waals surface area contributed by atoms with Gasteiger partial charge in [0, 0.05) is 62.9 Å². The summed E-state index contributed by atoms with van der Waals surface area (Å²) in [4.78, 5) is 19.0. The van der Waals surface area contributed by atoms with Crippen molar-refractivity contribution >= 4 is 5.95 Å². The van der Waals surface area contributed by atoms with Crippen molar-refractivity contribution in [3.8, 4) is 11.1 Å². The minimum Gasteiger partial charge on any atom is -0.381 e. The normalized spacial score (nSPS) is 25.5. The molecule has 0 N–H and O–H groups in total. The highest BCUT2D eigenvalue weighted by Crippen LogP contribution is 2.34. The summed E-state index contributed by atoms with van der Waals surface area (Å²) < 4.78 is 11.1. The van der Waals surface area contributed by atoms with Crippen LogP contribution in [0.3, 0.4) is 0 Å². The van der Waals surface area contributed by atoms with Crippen LogP contribution in [0, 0.1) is 5.92 Å². The van der Waals surface area contributed by atoms with Crippen LogP contribution in [0.2, 0.25) is 0 Å². The Bertz CT molecular complexity index is 822. The van der Waals surface area contributed by atoms with E-state index in [1.165, 1.54) is 31.5 Å². The van der Waals surface area contributed by atoms with Crippen molar-refractivity contribution in [3.63, 3.8) is 0 Å². The monoisotopic (exact) mass is 409 g/mol. The Morgan fingerprint density at radius 3 is 2.67 bits per heavy atom. The quantitative estimate of drug-likeness (QED) is 0.752. The van der Waals surface area contributed by atoms with Crippen molar-refractivity contribution in [1.82, 2.24) is 19.9 Å². The second kappa shape index (κ2) is 9.37. The summed E-state index contributed by atoms with van der Waals surface area (Å²) in [5.41, 5.74) is 3.48. The van der Waals surface area contributed by atoms with Crippen LogP contribution < -0.4 is 4.90 Å². The van der Waals surface area contributed by atoms with Crippen LogP contribution in [-0.2, 0) is 9.47 Å². The maximum atomic E-state index is 5.60. The standard InChI is InChI=1S/C23H31N5O2/c1-2-20(16-27(8-1)15-18-5-11-30-17-18)22-21(19-3-6-24-7-4-19)14-25-23(26-22)28-9-12-29-13-10-28/h3-4,6-7,14,18,20H,1-2,5,8-13,15-17H2. The minimum atomic E-state index is 0.423. The highest BCUT2D eigenvalue weighted by Gasteiger charge is 2.29. The SMILES string of the molecule is c1cc(-c2cnc(N3CCOCC3)nc2C2CCCN(CC3CCOC3)C2)ccn1. The van der Waals surface area contributed by atoms with Crippen molar-refractivity contribution in [2.24, 2.45) is 5.92 Å². The van der Waals surface area contributed by atoms with Crippen LogP contribution in [0.1, 0.15) is 30.9 Å². The largest absolute Gasteiger partial charge is 0.381 e. The predicted octanol–water partition coefficient (Wildman–Crippen LogP) is 2.59. The first kappa shape index (κ1) is 19.8. The van der Waals surface area contributed by atoms with E-state index in [9.17, 15) is 0 Å². The fourth-order valence-corrected chi connectivity index (χ4v) is 4.90. The molecule has 7 nitrogen and oxygen atoms in total. The number of aromatic nitrogens is 3. The lowest BCUT2D eigenvalue weighted by Crippen LogP contribution is -2.39. The number of anilines is 1. The fraction of sp³-hybridized carbons (Fsp3) is 0.609. The van der Waals surface area contributed by atoms with E-state index in [0.717, 1.165) is 69.7 Å².